The van der Waals surface area contributed by atoms with Gasteiger partial charge in [-0.3, -0.25) is 10.1 Å². The predicted octanol–water partition coefficient (Wildman–Crippen LogP) is 1.55. The van der Waals surface area contributed by atoms with Crippen molar-refractivity contribution in [1.29, 1.82) is 0 Å². The van der Waals surface area contributed by atoms with E-state index in [1.54, 1.807) is 0 Å². The summed E-state index contributed by atoms with van der Waals surface area (Å²) in [6.07, 6.45) is 0. The molecule has 0 aliphatic carbocycles. The fourth-order valence-electron chi connectivity index (χ4n) is 1.30. The first-order chi connectivity index (χ1) is 9.01. The van der Waals surface area contributed by atoms with Crippen molar-refractivity contribution in [2.75, 3.05) is 27.4 Å². The van der Waals surface area contributed by atoms with Gasteiger partial charge in [-0.25, -0.2) is 9.18 Å². The summed E-state index contributed by atoms with van der Waals surface area (Å²) in [5.74, 6) is -2.20. The van der Waals surface area contributed by atoms with Crippen molar-refractivity contribution in [3.8, 4) is 5.75 Å². The molecule has 8 heteroatoms. The number of nitrogens with zero attached hydrogens (tertiary/aromatic N) is 1. The van der Waals surface area contributed by atoms with E-state index in [2.05, 4.69) is 4.74 Å². The molecule has 0 saturated heterocycles. The Bertz CT molecular complexity index is 490. The Morgan fingerprint density at radius 3 is 2.58 bits per heavy atom. The Labute approximate surface area is 108 Å². The van der Waals surface area contributed by atoms with E-state index in [1.807, 2.05) is 0 Å². The average molecular weight is 273 g/mol. The Morgan fingerprint density at radius 2 is 2.05 bits per heavy atom. The van der Waals surface area contributed by atoms with Crippen molar-refractivity contribution in [2.45, 2.75) is 0 Å². The maximum absolute atomic E-state index is 13.5. The molecule has 0 spiro atoms. The van der Waals surface area contributed by atoms with Crippen molar-refractivity contribution < 1.29 is 28.3 Å². The number of carbonyl (C=O) groups is 1. The lowest BCUT2D eigenvalue weighted by molar-refractivity contribution is -0.386. The number of nitro groups is 1. The number of benzene rings is 1. The van der Waals surface area contributed by atoms with Crippen LogP contribution in [0.25, 0.3) is 0 Å². The molecule has 0 unspecified atom stereocenters. The van der Waals surface area contributed by atoms with Crippen LogP contribution in [0.4, 0.5) is 10.1 Å². The van der Waals surface area contributed by atoms with Gasteiger partial charge in [0.15, 0.2) is 5.75 Å². The summed E-state index contributed by atoms with van der Waals surface area (Å²) in [5.41, 5.74) is -0.998. The number of nitro benzene ring substituents is 1. The molecule has 19 heavy (non-hydrogen) atoms. The van der Waals surface area contributed by atoms with Crippen molar-refractivity contribution in [1.82, 2.24) is 0 Å². The lowest BCUT2D eigenvalue weighted by Gasteiger charge is -2.08. The van der Waals surface area contributed by atoms with Gasteiger partial charge in [0.1, 0.15) is 12.4 Å². The second kappa shape index (κ2) is 6.64. The molecule has 104 valence electrons. The molecular formula is C11H12FNO6. The van der Waals surface area contributed by atoms with Crippen LogP contribution in [-0.4, -0.2) is 38.3 Å². The molecule has 0 saturated carbocycles. The summed E-state index contributed by atoms with van der Waals surface area (Å²) in [6, 6.07) is 1.56. The van der Waals surface area contributed by atoms with Gasteiger partial charge in [0, 0.05) is 13.2 Å². The molecule has 0 N–H and O–H groups in total. The lowest BCUT2D eigenvalue weighted by Crippen LogP contribution is -2.09. The van der Waals surface area contributed by atoms with Crippen LogP contribution in [0.3, 0.4) is 0 Å². The maximum atomic E-state index is 13.5. The monoisotopic (exact) mass is 273 g/mol. The number of hydrogen-bond acceptors (Lipinski definition) is 6. The van der Waals surface area contributed by atoms with Crippen LogP contribution < -0.4 is 4.74 Å². The number of methoxy groups -OCH3 is 2. The molecule has 0 heterocycles. The minimum absolute atomic E-state index is 0.0313. The molecule has 1 rings (SSSR count). The van der Waals surface area contributed by atoms with Crippen molar-refractivity contribution in [2.24, 2.45) is 0 Å². The number of rotatable bonds is 6. The van der Waals surface area contributed by atoms with E-state index >= 15 is 0 Å². The van der Waals surface area contributed by atoms with Gasteiger partial charge < -0.3 is 14.2 Å². The average Bonchev–Trinajstić information content (AvgIpc) is 2.39. The van der Waals surface area contributed by atoms with Crippen LogP contribution in [0.2, 0.25) is 0 Å². The normalized spacial score (nSPS) is 10.1. The summed E-state index contributed by atoms with van der Waals surface area (Å²) in [4.78, 5) is 21.3. The zero-order valence-corrected chi connectivity index (χ0v) is 10.3. The summed E-state index contributed by atoms with van der Waals surface area (Å²) >= 11 is 0. The summed E-state index contributed by atoms with van der Waals surface area (Å²) in [5, 5.41) is 10.8. The Kier molecular flexibility index (Phi) is 5.19. The second-order valence-electron chi connectivity index (χ2n) is 3.39. The number of halogens is 1. The molecule has 0 amide bonds. The van der Waals surface area contributed by atoms with E-state index in [1.165, 1.54) is 7.11 Å². The minimum Gasteiger partial charge on any atom is -0.484 e. The SMILES string of the molecule is COCCOc1cc(C(=O)OC)c(F)cc1[N+](=O)[O-]. The third-order valence-corrected chi connectivity index (χ3v) is 2.20. The van der Waals surface area contributed by atoms with Gasteiger partial charge in [-0.2, -0.15) is 0 Å². The first kappa shape index (κ1) is 14.8. The van der Waals surface area contributed by atoms with E-state index in [4.69, 9.17) is 9.47 Å². The van der Waals surface area contributed by atoms with E-state index in [-0.39, 0.29) is 19.0 Å². The van der Waals surface area contributed by atoms with Crippen LogP contribution in [0.1, 0.15) is 10.4 Å². The van der Waals surface area contributed by atoms with Crippen LogP contribution in [-0.2, 0) is 9.47 Å². The molecule has 0 fully saturated rings. The highest BCUT2D eigenvalue weighted by Gasteiger charge is 2.23. The van der Waals surface area contributed by atoms with Gasteiger partial charge in [-0.1, -0.05) is 0 Å². The van der Waals surface area contributed by atoms with Crippen molar-refractivity contribution >= 4 is 11.7 Å². The minimum atomic E-state index is -1.04. The molecule has 0 aromatic heterocycles. The second-order valence-corrected chi connectivity index (χ2v) is 3.39. The van der Waals surface area contributed by atoms with Gasteiger partial charge in [0.25, 0.3) is 0 Å². The number of carbonyl (C=O) groups excluding carboxylic acids is 1. The predicted molar refractivity (Wildman–Crippen MR) is 61.8 cm³/mol. The first-order valence-electron chi connectivity index (χ1n) is 5.19. The highest BCUT2D eigenvalue weighted by Crippen LogP contribution is 2.30. The highest BCUT2D eigenvalue weighted by atomic mass is 19.1. The van der Waals surface area contributed by atoms with Crippen LogP contribution in [0.5, 0.6) is 5.75 Å². The van der Waals surface area contributed by atoms with Gasteiger partial charge in [-0.15, -0.1) is 0 Å². The summed E-state index contributed by atoms with van der Waals surface area (Å²) in [7, 11) is 2.51. The zero-order valence-electron chi connectivity index (χ0n) is 10.3. The Balaban J connectivity index is 3.15. The smallest absolute Gasteiger partial charge is 0.340 e. The molecule has 0 aliphatic rings. The fraction of sp³-hybridized carbons (Fsp3) is 0.364. The molecule has 7 nitrogen and oxygen atoms in total. The van der Waals surface area contributed by atoms with E-state index in [0.29, 0.717) is 6.07 Å². The third-order valence-electron chi connectivity index (χ3n) is 2.20. The van der Waals surface area contributed by atoms with Crippen molar-refractivity contribution in [3.63, 3.8) is 0 Å². The third kappa shape index (κ3) is 3.62. The van der Waals surface area contributed by atoms with Gasteiger partial charge in [0.05, 0.1) is 30.3 Å². The molecule has 0 bridgehead atoms. The van der Waals surface area contributed by atoms with Crippen molar-refractivity contribution in [3.05, 3.63) is 33.6 Å². The quantitative estimate of drug-likeness (QED) is 0.338. The molecule has 1 aromatic carbocycles. The number of ether oxygens (including phenoxy) is 3. The van der Waals surface area contributed by atoms with E-state index in [9.17, 15) is 19.3 Å². The summed E-state index contributed by atoms with van der Waals surface area (Å²) < 4.78 is 27.7. The standard InChI is InChI=1S/C11H12FNO6/c1-17-3-4-19-10-5-7(11(14)18-2)8(12)6-9(10)13(15)16/h5-6H,3-4H2,1-2H3. The van der Waals surface area contributed by atoms with E-state index < -0.39 is 28.0 Å². The molecule has 1 aromatic rings. The number of esters is 1. The van der Waals surface area contributed by atoms with Crippen LogP contribution >= 0.6 is 0 Å². The van der Waals surface area contributed by atoms with Crippen LogP contribution in [0, 0.1) is 15.9 Å². The van der Waals surface area contributed by atoms with Crippen LogP contribution in [0.15, 0.2) is 12.1 Å². The summed E-state index contributed by atoms with van der Waals surface area (Å²) in [6.45, 7) is 0.228. The highest BCUT2D eigenvalue weighted by molar-refractivity contribution is 5.90. The molecule has 0 aliphatic heterocycles. The lowest BCUT2D eigenvalue weighted by atomic mass is 10.1. The Hall–Kier alpha value is -2.22. The van der Waals surface area contributed by atoms with Gasteiger partial charge in [0.2, 0.25) is 0 Å². The number of hydrogen-bond donors (Lipinski definition) is 0. The molecule has 0 atom stereocenters. The maximum Gasteiger partial charge on any atom is 0.340 e. The topological polar surface area (TPSA) is 87.9 Å². The largest absolute Gasteiger partial charge is 0.484 e. The van der Waals surface area contributed by atoms with E-state index in [0.717, 1.165) is 13.2 Å². The van der Waals surface area contributed by atoms with Gasteiger partial charge in [-0.05, 0) is 0 Å². The Morgan fingerprint density at radius 1 is 1.37 bits per heavy atom. The fourth-order valence-corrected chi connectivity index (χ4v) is 1.30. The molecular weight excluding hydrogens is 261 g/mol. The molecule has 0 radical (unpaired) electrons. The van der Waals surface area contributed by atoms with Gasteiger partial charge >= 0.3 is 11.7 Å². The zero-order chi connectivity index (χ0) is 14.4. The first-order valence-corrected chi connectivity index (χ1v) is 5.19.